The zero-order valence-electron chi connectivity index (χ0n) is 14.9. The van der Waals surface area contributed by atoms with Gasteiger partial charge in [-0.1, -0.05) is 58.9 Å². The Morgan fingerprint density at radius 1 is 1.05 bits per heavy atom. The number of para-hydroxylation sites is 1. The summed E-state index contributed by atoms with van der Waals surface area (Å²) in [6, 6.07) is 8.72. The van der Waals surface area contributed by atoms with Gasteiger partial charge in [0.15, 0.2) is 0 Å². The third-order valence-corrected chi connectivity index (χ3v) is 4.88. The van der Waals surface area contributed by atoms with Crippen LogP contribution in [0.25, 0.3) is 0 Å². The van der Waals surface area contributed by atoms with Crippen molar-refractivity contribution in [3.05, 3.63) is 53.5 Å². The van der Waals surface area contributed by atoms with E-state index in [4.69, 9.17) is 0 Å². The van der Waals surface area contributed by atoms with Gasteiger partial charge in [-0.05, 0) is 25.5 Å². The minimum atomic E-state index is 0.102. The molecule has 1 aromatic carbocycles. The van der Waals surface area contributed by atoms with Crippen molar-refractivity contribution < 1.29 is 0 Å². The highest BCUT2D eigenvalue weighted by Gasteiger charge is 2.48. The largest absolute Gasteiger partial charge is 0.328 e. The van der Waals surface area contributed by atoms with Crippen molar-refractivity contribution in [2.45, 2.75) is 54.6 Å². The Kier molecular flexibility index (Phi) is 3.21. The summed E-state index contributed by atoms with van der Waals surface area (Å²) in [7, 11) is 0. The zero-order chi connectivity index (χ0) is 16.3. The smallest absolute Gasteiger partial charge is 0.115 e. The molecular formula is C20H28N2. The van der Waals surface area contributed by atoms with Crippen molar-refractivity contribution in [3.8, 4) is 0 Å². The lowest BCUT2D eigenvalue weighted by Crippen LogP contribution is -2.47. The fourth-order valence-corrected chi connectivity index (χ4v) is 3.98. The molecule has 0 N–H and O–H groups in total. The first-order valence-corrected chi connectivity index (χ1v) is 8.18. The molecule has 0 saturated carbocycles. The molecule has 1 atom stereocenters. The van der Waals surface area contributed by atoms with E-state index in [9.17, 15) is 0 Å². The number of rotatable bonds is 1. The van der Waals surface area contributed by atoms with Crippen molar-refractivity contribution in [1.82, 2.24) is 4.90 Å². The van der Waals surface area contributed by atoms with Gasteiger partial charge in [-0.2, -0.15) is 0 Å². The van der Waals surface area contributed by atoms with Gasteiger partial charge in [-0.15, -0.1) is 0 Å². The lowest BCUT2D eigenvalue weighted by atomic mass is 9.89. The predicted molar refractivity (Wildman–Crippen MR) is 94.4 cm³/mol. The number of benzene rings is 1. The first-order valence-electron chi connectivity index (χ1n) is 8.18. The van der Waals surface area contributed by atoms with Crippen LogP contribution in [0.1, 0.15) is 47.1 Å². The molecule has 118 valence electrons. The minimum Gasteiger partial charge on any atom is -0.328 e. The summed E-state index contributed by atoms with van der Waals surface area (Å²) in [6.07, 6.45) is 4.94. The van der Waals surface area contributed by atoms with Crippen LogP contribution in [0.4, 0.5) is 5.69 Å². The van der Waals surface area contributed by atoms with E-state index in [0.717, 1.165) is 0 Å². The Morgan fingerprint density at radius 2 is 1.68 bits per heavy atom. The van der Waals surface area contributed by atoms with Crippen molar-refractivity contribution >= 4 is 5.69 Å². The van der Waals surface area contributed by atoms with Gasteiger partial charge in [0.2, 0.25) is 0 Å². The van der Waals surface area contributed by atoms with Crippen LogP contribution in [0.3, 0.4) is 0 Å². The number of aryl methyl sites for hydroxylation is 1. The summed E-state index contributed by atoms with van der Waals surface area (Å²) in [5.74, 6) is 0. The lowest BCUT2D eigenvalue weighted by molar-refractivity contribution is 0.193. The number of nitrogens with zero attached hydrogens (tertiary/aromatic N) is 2. The Morgan fingerprint density at radius 3 is 2.27 bits per heavy atom. The SMILES string of the molecule is CC1=C2N(C=CC2(C)C)C(C(C)(C)C)N1c1ccccc1C. The summed E-state index contributed by atoms with van der Waals surface area (Å²) in [5.41, 5.74) is 5.73. The van der Waals surface area contributed by atoms with E-state index in [1.165, 1.54) is 22.6 Å². The van der Waals surface area contributed by atoms with Crippen LogP contribution in [0, 0.1) is 17.8 Å². The first-order chi connectivity index (χ1) is 10.1. The van der Waals surface area contributed by atoms with Crippen LogP contribution < -0.4 is 4.90 Å². The Hall–Kier alpha value is -1.70. The molecule has 22 heavy (non-hydrogen) atoms. The zero-order valence-corrected chi connectivity index (χ0v) is 14.9. The molecule has 1 unspecified atom stereocenters. The fraction of sp³-hybridized carbons (Fsp3) is 0.500. The number of fused-ring (bicyclic) bond motifs is 1. The van der Waals surface area contributed by atoms with E-state index in [2.05, 4.69) is 94.8 Å². The van der Waals surface area contributed by atoms with Crippen LogP contribution in [-0.4, -0.2) is 11.1 Å². The van der Waals surface area contributed by atoms with Crippen molar-refractivity contribution in [1.29, 1.82) is 0 Å². The molecule has 0 fully saturated rings. The molecule has 2 nitrogen and oxygen atoms in total. The highest BCUT2D eigenvalue weighted by Crippen LogP contribution is 2.51. The van der Waals surface area contributed by atoms with Gasteiger partial charge in [0.25, 0.3) is 0 Å². The second kappa shape index (κ2) is 4.65. The number of hydrogen-bond acceptors (Lipinski definition) is 2. The van der Waals surface area contributed by atoms with Crippen molar-refractivity contribution in [3.63, 3.8) is 0 Å². The van der Waals surface area contributed by atoms with E-state index in [0.29, 0.717) is 6.17 Å². The van der Waals surface area contributed by atoms with E-state index in [1.54, 1.807) is 0 Å². The lowest BCUT2D eigenvalue weighted by Gasteiger charge is -2.41. The monoisotopic (exact) mass is 296 g/mol. The van der Waals surface area contributed by atoms with Crippen LogP contribution in [-0.2, 0) is 0 Å². The second-order valence-corrected chi connectivity index (χ2v) is 8.27. The molecule has 2 heterocycles. The average Bonchev–Trinajstić information content (AvgIpc) is 2.86. The average molecular weight is 296 g/mol. The molecule has 0 radical (unpaired) electrons. The first kappa shape index (κ1) is 15.2. The highest BCUT2D eigenvalue weighted by atomic mass is 15.4. The van der Waals surface area contributed by atoms with Gasteiger partial charge in [0.1, 0.15) is 6.17 Å². The minimum absolute atomic E-state index is 0.102. The summed E-state index contributed by atoms with van der Waals surface area (Å²) in [5, 5.41) is 0. The molecule has 2 heteroatoms. The van der Waals surface area contributed by atoms with Gasteiger partial charge in [-0.25, -0.2) is 0 Å². The number of hydrogen-bond donors (Lipinski definition) is 0. The third-order valence-electron chi connectivity index (χ3n) is 4.88. The maximum Gasteiger partial charge on any atom is 0.115 e. The highest BCUT2D eigenvalue weighted by molar-refractivity contribution is 5.62. The third kappa shape index (κ3) is 2.08. The van der Waals surface area contributed by atoms with Crippen LogP contribution in [0.5, 0.6) is 0 Å². The molecule has 2 aliphatic heterocycles. The maximum absolute atomic E-state index is 2.54. The number of anilines is 1. The van der Waals surface area contributed by atoms with E-state index in [1.807, 2.05) is 0 Å². The van der Waals surface area contributed by atoms with E-state index < -0.39 is 0 Å². The van der Waals surface area contributed by atoms with E-state index >= 15 is 0 Å². The molecule has 0 saturated heterocycles. The van der Waals surface area contributed by atoms with Crippen molar-refractivity contribution in [2.24, 2.45) is 10.8 Å². The maximum atomic E-state index is 2.54. The standard InChI is InChI=1S/C20H28N2/c1-14-10-8-9-11-16(14)22-15(2)17-20(6,7)12-13-21(17)18(22)19(3,4)5/h8-13,18H,1-7H3. The summed E-state index contributed by atoms with van der Waals surface area (Å²) in [4.78, 5) is 5.03. The summed E-state index contributed by atoms with van der Waals surface area (Å²) < 4.78 is 0. The Labute approximate surface area is 135 Å². The van der Waals surface area contributed by atoms with Gasteiger partial charge < -0.3 is 9.80 Å². The molecule has 0 aromatic heterocycles. The fourth-order valence-electron chi connectivity index (χ4n) is 3.98. The second-order valence-electron chi connectivity index (χ2n) is 8.27. The van der Waals surface area contributed by atoms with Crippen LogP contribution in [0.15, 0.2) is 47.9 Å². The quantitative estimate of drug-likeness (QED) is 0.696. The molecule has 0 bridgehead atoms. The summed E-state index contributed by atoms with van der Waals surface area (Å²) >= 11 is 0. The normalized spacial score (nSPS) is 23.5. The molecule has 0 amide bonds. The van der Waals surface area contributed by atoms with Crippen LogP contribution >= 0.6 is 0 Å². The van der Waals surface area contributed by atoms with Crippen LogP contribution in [0.2, 0.25) is 0 Å². The topological polar surface area (TPSA) is 6.48 Å². The van der Waals surface area contributed by atoms with E-state index in [-0.39, 0.29) is 10.8 Å². The van der Waals surface area contributed by atoms with Gasteiger partial charge in [0, 0.05) is 34.1 Å². The molecule has 2 aliphatic rings. The van der Waals surface area contributed by atoms with Crippen molar-refractivity contribution in [2.75, 3.05) is 4.90 Å². The molecule has 0 spiro atoms. The Bertz CT molecular complexity index is 659. The van der Waals surface area contributed by atoms with Gasteiger partial charge in [-0.3, -0.25) is 0 Å². The molecule has 0 aliphatic carbocycles. The molecular weight excluding hydrogens is 268 g/mol. The van der Waals surface area contributed by atoms with Gasteiger partial charge in [0.05, 0.1) is 0 Å². The predicted octanol–water partition coefficient (Wildman–Crippen LogP) is 5.27. The molecule has 1 aromatic rings. The van der Waals surface area contributed by atoms with Gasteiger partial charge >= 0.3 is 0 Å². The Balaban J connectivity index is 2.19. The molecule has 3 rings (SSSR count). The number of allylic oxidation sites excluding steroid dienone is 2. The summed E-state index contributed by atoms with van der Waals surface area (Å²) in [6.45, 7) is 16.1.